The summed E-state index contributed by atoms with van der Waals surface area (Å²) in [6.45, 7) is 3.08. The van der Waals surface area contributed by atoms with Crippen molar-refractivity contribution in [3.63, 3.8) is 0 Å². The maximum absolute atomic E-state index is 10.3. The van der Waals surface area contributed by atoms with Gasteiger partial charge in [-0.05, 0) is 17.5 Å². The summed E-state index contributed by atoms with van der Waals surface area (Å²) < 4.78 is 22.5. The van der Waals surface area contributed by atoms with Crippen LogP contribution in [0, 0.1) is 0 Å². The molecule has 6 atom stereocenters. The van der Waals surface area contributed by atoms with Gasteiger partial charge < -0.3 is 29.2 Å². The van der Waals surface area contributed by atoms with E-state index in [0.29, 0.717) is 13.2 Å². The van der Waals surface area contributed by atoms with E-state index in [1.165, 1.54) is 77.0 Å². The van der Waals surface area contributed by atoms with Gasteiger partial charge in [-0.3, -0.25) is 0 Å². The van der Waals surface area contributed by atoms with Crippen LogP contribution in [0.15, 0.2) is 10.2 Å². The van der Waals surface area contributed by atoms with Gasteiger partial charge in [0.1, 0.15) is 18.2 Å². The van der Waals surface area contributed by atoms with Crippen LogP contribution in [0.2, 0.25) is 0 Å². The van der Waals surface area contributed by atoms with E-state index in [0.717, 1.165) is 12.8 Å². The number of hydrogen-bond acceptors (Lipinski definition) is 8. The van der Waals surface area contributed by atoms with Crippen molar-refractivity contribution in [2.24, 2.45) is 10.2 Å². The fraction of sp³-hybridized carbons (Fsp3) is 1.00. The lowest BCUT2D eigenvalue weighted by atomic mass is 9.97. The predicted molar refractivity (Wildman–Crippen MR) is 146 cm³/mol. The Balaban J connectivity index is 2.15. The summed E-state index contributed by atoms with van der Waals surface area (Å²) in [5.41, 5.74) is 17.3. The van der Waals surface area contributed by atoms with Gasteiger partial charge in [0.05, 0.1) is 32.0 Å². The third kappa shape index (κ3) is 15.1. The number of aliphatic hydroxyl groups excluding tert-OH is 2. The maximum Gasteiger partial charge on any atom is 0.169 e. The van der Waals surface area contributed by atoms with Crippen molar-refractivity contribution in [1.82, 2.24) is 0 Å². The van der Waals surface area contributed by atoms with E-state index in [2.05, 4.69) is 27.0 Å². The molecule has 0 spiro atoms. The Bertz CT molecular complexity index is 675. The van der Waals surface area contributed by atoms with E-state index in [1.54, 1.807) is 7.11 Å². The molecule has 12 heteroatoms. The molecule has 12 nitrogen and oxygen atoms in total. The smallest absolute Gasteiger partial charge is 0.169 e. The number of nitrogens with zero attached hydrogens (tertiary/aromatic N) is 6. The summed E-state index contributed by atoms with van der Waals surface area (Å²) in [5, 5.41) is 27.4. The zero-order valence-electron chi connectivity index (χ0n) is 23.4. The monoisotopic (exact) mass is 542 g/mol. The number of unbranched alkanes of at least 4 members (excludes halogenated alkanes) is 13. The second-order valence-corrected chi connectivity index (χ2v) is 10.00. The molecule has 0 radical (unpaired) electrons. The van der Waals surface area contributed by atoms with Gasteiger partial charge in [-0.1, -0.05) is 101 Å². The number of aliphatic hydroxyl groups is 2. The highest BCUT2D eigenvalue weighted by molar-refractivity contribution is 4.94. The van der Waals surface area contributed by atoms with E-state index in [9.17, 15) is 10.2 Å². The highest BCUT2D eigenvalue weighted by atomic mass is 16.7. The fourth-order valence-electron chi connectivity index (χ4n) is 4.50. The lowest BCUT2D eigenvalue weighted by Crippen LogP contribution is -2.58. The average molecular weight is 543 g/mol. The molecular formula is C26H50N6O6. The molecule has 0 bridgehead atoms. The summed E-state index contributed by atoms with van der Waals surface area (Å²) in [4.78, 5) is 5.35. The topological polar surface area (TPSA) is 175 Å². The average Bonchev–Trinajstić information content (AvgIpc) is 2.92. The molecular weight excluding hydrogens is 492 g/mol. The van der Waals surface area contributed by atoms with Gasteiger partial charge in [0, 0.05) is 23.5 Å². The van der Waals surface area contributed by atoms with Crippen LogP contribution in [0.5, 0.6) is 0 Å². The molecule has 0 aromatic carbocycles. The summed E-state index contributed by atoms with van der Waals surface area (Å²) >= 11 is 0. The number of rotatable bonds is 24. The van der Waals surface area contributed by atoms with E-state index in [-0.39, 0.29) is 13.2 Å². The molecule has 0 aromatic rings. The largest absolute Gasteiger partial charge is 0.390 e. The van der Waals surface area contributed by atoms with Crippen LogP contribution >= 0.6 is 0 Å². The standard InChI is InChI=1S/C26H50N6O6/c1-3-4-5-6-7-8-9-10-11-12-13-14-15-16-17-36-19-21(35-2)20-37-26-23(30-32-28)25(34)24(33)22(38-26)18-29-31-27/h21-26,33-34H,3-20H2,1-2H3/t21-,22-,23-,24-,25-,26+/m1/s1. The van der Waals surface area contributed by atoms with Gasteiger partial charge in [0.15, 0.2) is 6.29 Å². The first kappa shape index (κ1) is 34.4. The molecule has 1 aliphatic rings. The normalized spacial score (nSPS) is 23.9. The zero-order chi connectivity index (χ0) is 27.8. The molecule has 38 heavy (non-hydrogen) atoms. The minimum atomic E-state index is -1.43. The van der Waals surface area contributed by atoms with Crippen molar-refractivity contribution in [3.8, 4) is 0 Å². The summed E-state index contributed by atoms with van der Waals surface area (Å²) in [6, 6.07) is -1.16. The second kappa shape index (κ2) is 23.3. The number of ether oxygens (including phenoxy) is 4. The Morgan fingerprint density at radius 3 is 1.92 bits per heavy atom. The zero-order valence-corrected chi connectivity index (χ0v) is 23.4. The Labute approximate surface area is 227 Å². The summed E-state index contributed by atoms with van der Waals surface area (Å²) in [5.74, 6) is 0. The SMILES string of the molecule is CCCCCCCCCCCCCCCCOC[C@H](CO[C@H]1O[C@H](CN=[N+]=[N-])[C@@H](O)[C@H](O)[C@H]1N=[N+]=[N-])OC. The summed E-state index contributed by atoms with van der Waals surface area (Å²) in [7, 11) is 1.54. The van der Waals surface area contributed by atoms with Crippen LogP contribution in [-0.2, 0) is 18.9 Å². The van der Waals surface area contributed by atoms with Crippen molar-refractivity contribution >= 4 is 0 Å². The molecule has 0 aromatic heterocycles. The number of azide groups is 2. The quantitative estimate of drug-likeness (QED) is 0.0659. The third-order valence-corrected chi connectivity index (χ3v) is 6.90. The van der Waals surface area contributed by atoms with Crippen LogP contribution in [0.3, 0.4) is 0 Å². The van der Waals surface area contributed by atoms with E-state index < -0.39 is 36.7 Å². The van der Waals surface area contributed by atoms with Gasteiger partial charge >= 0.3 is 0 Å². The Morgan fingerprint density at radius 2 is 1.39 bits per heavy atom. The first-order valence-corrected chi connectivity index (χ1v) is 14.4. The Hall–Kier alpha value is -1.62. The van der Waals surface area contributed by atoms with Crippen molar-refractivity contribution in [3.05, 3.63) is 20.9 Å². The maximum atomic E-state index is 10.3. The van der Waals surface area contributed by atoms with Gasteiger partial charge in [-0.25, -0.2) is 0 Å². The van der Waals surface area contributed by atoms with E-state index >= 15 is 0 Å². The van der Waals surface area contributed by atoms with Crippen molar-refractivity contribution in [2.45, 2.75) is 134 Å². The molecule has 0 unspecified atom stereocenters. The molecule has 1 rings (SSSR count). The molecule has 1 aliphatic heterocycles. The second-order valence-electron chi connectivity index (χ2n) is 10.00. The van der Waals surface area contributed by atoms with Crippen LogP contribution in [0.25, 0.3) is 20.9 Å². The van der Waals surface area contributed by atoms with E-state index in [4.69, 9.17) is 30.0 Å². The lowest BCUT2D eigenvalue weighted by molar-refractivity contribution is -0.263. The highest BCUT2D eigenvalue weighted by Crippen LogP contribution is 2.25. The van der Waals surface area contributed by atoms with Gasteiger partial charge in [0.2, 0.25) is 0 Å². The van der Waals surface area contributed by atoms with Gasteiger partial charge in [0.25, 0.3) is 0 Å². The summed E-state index contributed by atoms with van der Waals surface area (Å²) in [6.07, 6.45) is 13.0. The molecule has 1 fully saturated rings. The fourth-order valence-corrected chi connectivity index (χ4v) is 4.50. The minimum Gasteiger partial charge on any atom is -0.390 e. The van der Waals surface area contributed by atoms with Crippen molar-refractivity contribution in [1.29, 1.82) is 0 Å². The van der Waals surface area contributed by atoms with Crippen LogP contribution < -0.4 is 0 Å². The molecule has 2 N–H and O–H groups in total. The molecule has 0 amide bonds. The van der Waals surface area contributed by atoms with Crippen LogP contribution in [0.1, 0.15) is 96.8 Å². The number of methoxy groups -OCH3 is 1. The van der Waals surface area contributed by atoms with Crippen LogP contribution in [0.4, 0.5) is 0 Å². The molecule has 1 heterocycles. The van der Waals surface area contributed by atoms with E-state index in [1.807, 2.05) is 0 Å². The number of hydrogen-bond donors (Lipinski definition) is 2. The highest BCUT2D eigenvalue weighted by Gasteiger charge is 2.44. The third-order valence-electron chi connectivity index (χ3n) is 6.90. The first-order chi connectivity index (χ1) is 18.6. The lowest BCUT2D eigenvalue weighted by Gasteiger charge is -2.40. The van der Waals surface area contributed by atoms with Crippen LogP contribution in [-0.4, -0.2) is 80.4 Å². The predicted octanol–water partition coefficient (Wildman–Crippen LogP) is 5.95. The van der Waals surface area contributed by atoms with Crippen molar-refractivity contribution in [2.75, 3.05) is 33.5 Å². The molecule has 0 saturated carbocycles. The first-order valence-electron chi connectivity index (χ1n) is 14.4. The molecule has 0 aliphatic carbocycles. The Morgan fingerprint density at radius 1 is 0.816 bits per heavy atom. The van der Waals surface area contributed by atoms with Gasteiger partial charge in [-0.15, -0.1) is 0 Å². The Kier molecular flexibility index (Phi) is 21.1. The molecule has 220 valence electrons. The van der Waals surface area contributed by atoms with Gasteiger partial charge in [-0.2, -0.15) is 0 Å². The van der Waals surface area contributed by atoms with Crippen molar-refractivity contribution < 1.29 is 29.2 Å². The molecule has 1 saturated heterocycles. The minimum absolute atomic E-state index is 0.0639.